The lowest BCUT2D eigenvalue weighted by Gasteiger charge is -2.07. The van der Waals surface area contributed by atoms with Crippen LogP contribution in [-0.4, -0.2) is 5.84 Å². The van der Waals surface area contributed by atoms with Crippen LogP contribution >= 0.6 is 0 Å². The summed E-state index contributed by atoms with van der Waals surface area (Å²) in [5, 5.41) is 7.22. The molecule has 0 saturated carbocycles. The van der Waals surface area contributed by atoms with E-state index in [1.807, 2.05) is 0 Å². The van der Waals surface area contributed by atoms with E-state index >= 15 is 0 Å². The van der Waals surface area contributed by atoms with Crippen LogP contribution in [0.15, 0.2) is 42.5 Å². The minimum absolute atomic E-state index is 0.0708. The largest absolute Gasteiger partial charge is 0.454 e. The van der Waals surface area contributed by atoms with Gasteiger partial charge in [-0.15, -0.1) is 0 Å². The van der Waals surface area contributed by atoms with Gasteiger partial charge >= 0.3 is 0 Å². The zero-order chi connectivity index (χ0) is 13.1. The van der Waals surface area contributed by atoms with Gasteiger partial charge in [0.05, 0.1) is 0 Å². The van der Waals surface area contributed by atoms with Crippen molar-refractivity contribution in [3.63, 3.8) is 0 Å². The van der Waals surface area contributed by atoms with Gasteiger partial charge in [-0.3, -0.25) is 5.41 Å². The Morgan fingerprint density at radius 1 is 1.06 bits per heavy atom. The van der Waals surface area contributed by atoms with E-state index in [1.54, 1.807) is 12.1 Å². The van der Waals surface area contributed by atoms with Gasteiger partial charge in [0.2, 0.25) is 0 Å². The van der Waals surface area contributed by atoms with Gasteiger partial charge < -0.3 is 10.5 Å². The number of rotatable bonds is 3. The van der Waals surface area contributed by atoms with Crippen LogP contribution in [0.3, 0.4) is 0 Å². The fraction of sp³-hybridized carbons (Fsp3) is 0. The quantitative estimate of drug-likeness (QED) is 0.647. The van der Waals surface area contributed by atoms with Crippen LogP contribution in [0.25, 0.3) is 0 Å². The molecule has 3 N–H and O–H groups in total. The van der Waals surface area contributed by atoms with E-state index < -0.39 is 11.6 Å². The highest BCUT2D eigenvalue weighted by Gasteiger charge is 2.06. The van der Waals surface area contributed by atoms with E-state index in [2.05, 4.69) is 0 Å². The van der Waals surface area contributed by atoms with Crippen LogP contribution in [-0.2, 0) is 0 Å². The summed E-state index contributed by atoms with van der Waals surface area (Å²) in [5.74, 6) is -1.15. The summed E-state index contributed by atoms with van der Waals surface area (Å²) in [5.41, 5.74) is 5.82. The molecule has 0 aliphatic carbocycles. The fourth-order valence-electron chi connectivity index (χ4n) is 1.38. The molecule has 2 aromatic rings. The molecule has 92 valence electrons. The SMILES string of the molecule is N=C(N)c1ccc(Oc2cc(F)ccc2F)cc1. The Morgan fingerprint density at radius 2 is 1.72 bits per heavy atom. The van der Waals surface area contributed by atoms with Crippen molar-refractivity contribution in [1.82, 2.24) is 0 Å². The molecule has 0 spiro atoms. The van der Waals surface area contributed by atoms with Crippen molar-refractivity contribution < 1.29 is 13.5 Å². The minimum Gasteiger partial charge on any atom is -0.454 e. The smallest absolute Gasteiger partial charge is 0.165 e. The number of halogens is 2. The second-order valence-electron chi connectivity index (χ2n) is 3.61. The summed E-state index contributed by atoms with van der Waals surface area (Å²) in [4.78, 5) is 0. The van der Waals surface area contributed by atoms with Crippen LogP contribution in [0.1, 0.15) is 5.56 Å². The van der Waals surface area contributed by atoms with Crippen LogP contribution in [0, 0.1) is 17.0 Å². The van der Waals surface area contributed by atoms with Gasteiger partial charge in [0.1, 0.15) is 17.4 Å². The molecule has 0 unspecified atom stereocenters. The maximum Gasteiger partial charge on any atom is 0.165 e. The number of benzene rings is 2. The summed E-state index contributed by atoms with van der Waals surface area (Å²) in [7, 11) is 0. The average Bonchev–Trinajstić information content (AvgIpc) is 2.34. The first-order chi connectivity index (χ1) is 8.56. The molecule has 0 aliphatic heterocycles. The van der Waals surface area contributed by atoms with E-state index in [4.69, 9.17) is 15.9 Å². The molecule has 2 aromatic carbocycles. The van der Waals surface area contributed by atoms with E-state index in [0.29, 0.717) is 11.3 Å². The molecular weight excluding hydrogens is 238 g/mol. The Balaban J connectivity index is 2.23. The molecule has 0 saturated heterocycles. The van der Waals surface area contributed by atoms with Gasteiger partial charge in [-0.1, -0.05) is 0 Å². The van der Waals surface area contributed by atoms with Crippen LogP contribution in [0.5, 0.6) is 11.5 Å². The highest BCUT2D eigenvalue weighted by Crippen LogP contribution is 2.25. The number of amidine groups is 1. The zero-order valence-corrected chi connectivity index (χ0v) is 9.28. The van der Waals surface area contributed by atoms with Gasteiger partial charge in [0, 0.05) is 11.6 Å². The number of hydrogen-bond donors (Lipinski definition) is 2. The van der Waals surface area contributed by atoms with Crippen LogP contribution in [0.4, 0.5) is 8.78 Å². The molecule has 0 aromatic heterocycles. The number of nitrogens with two attached hydrogens (primary N) is 1. The summed E-state index contributed by atoms with van der Waals surface area (Å²) >= 11 is 0. The molecule has 0 heterocycles. The van der Waals surface area contributed by atoms with Gasteiger partial charge in [0.15, 0.2) is 11.6 Å². The lowest BCUT2D eigenvalue weighted by atomic mass is 10.2. The van der Waals surface area contributed by atoms with E-state index in [1.165, 1.54) is 12.1 Å². The van der Waals surface area contributed by atoms with Gasteiger partial charge in [-0.2, -0.15) is 0 Å². The molecule has 5 heteroatoms. The zero-order valence-electron chi connectivity index (χ0n) is 9.28. The van der Waals surface area contributed by atoms with Crippen LogP contribution in [0.2, 0.25) is 0 Å². The Hall–Kier alpha value is -2.43. The highest BCUT2D eigenvalue weighted by atomic mass is 19.1. The van der Waals surface area contributed by atoms with Gasteiger partial charge in [0.25, 0.3) is 0 Å². The van der Waals surface area contributed by atoms with Crippen molar-refractivity contribution in [3.8, 4) is 11.5 Å². The number of hydrogen-bond acceptors (Lipinski definition) is 2. The van der Waals surface area contributed by atoms with Crippen molar-refractivity contribution in [2.45, 2.75) is 0 Å². The Kier molecular flexibility index (Phi) is 3.23. The first-order valence-electron chi connectivity index (χ1n) is 5.13. The van der Waals surface area contributed by atoms with E-state index in [9.17, 15) is 8.78 Å². The third-order valence-corrected chi connectivity index (χ3v) is 2.29. The summed E-state index contributed by atoms with van der Waals surface area (Å²) in [6, 6.07) is 9.16. The van der Waals surface area contributed by atoms with Crippen molar-refractivity contribution in [1.29, 1.82) is 5.41 Å². The summed E-state index contributed by atoms with van der Waals surface area (Å²) < 4.78 is 31.4. The van der Waals surface area contributed by atoms with Gasteiger partial charge in [-0.05, 0) is 36.4 Å². The highest BCUT2D eigenvalue weighted by molar-refractivity contribution is 5.94. The average molecular weight is 248 g/mol. The third kappa shape index (κ3) is 2.63. The number of ether oxygens (including phenoxy) is 1. The monoisotopic (exact) mass is 248 g/mol. The standard InChI is InChI=1S/C13H10F2N2O/c14-9-3-6-11(15)12(7-9)18-10-4-1-8(2-5-10)13(16)17/h1-7H,(H3,16,17). The van der Waals surface area contributed by atoms with Crippen LogP contribution < -0.4 is 10.5 Å². The lowest BCUT2D eigenvalue weighted by Crippen LogP contribution is -2.10. The Bertz CT molecular complexity index is 582. The Morgan fingerprint density at radius 3 is 2.33 bits per heavy atom. The molecule has 0 bridgehead atoms. The minimum atomic E-state index is -0.646. The normalized spacial score (nSPS) is 10.1. The molecule has 0 amide bonds. The molecular formula is C13H10F2N2O. The first kappa shape index (κ1) is 12.0. The van der Waals surface area contributed by atoms with E-state index in [0.717, 1.165) is 18.2 Å². The Labute approximate surface area is 102 Å². The second-order valence-corrected chi connectivity index (χ2v) is 3.61. The van der Waals surface area contributed by atoms with Gasteiger partial charge in [-0.25, -0.2) is 8.78 Å². The third-order valence-electron chi connectivity index (χ3n) is 2.29. The molecule has 0 aliphatic rings. The molecule has 2 rings (SSSR count). The lowest BCUT2D eigenvalue weighted by molar-refractivity contribution is 0.436. The fourth-order valence-corrected chi connectivity index (χ4v) is 1.38. The predicted octanol–water partition coefficient (Wildman–Crippen LogP) is 3.04. The van der Waals surface area contributed by atoms with E-state index in [-0.39, 0.29) is 11.6 Å². The molecule has 18 heavy (non-hydrogen) atoms. The summed E-state index contributed by atoms with van der Waals surface area (Å²) in [6.07, 6.45) is 0. The summed E-state index contributed by atoms with van der Waals surface area (Å²) in [6.45, 7) is 0. The first-order valence-corrected chi connectivity index (χ1v) is 5.13. The number of nitrogens with one attached hydrogen (secondary N) is 1. The predicted molar refractivity (Wildman–Crippen MR) is 63.9 cm³/mol. The molecule has 0 radical (unpaired) electrons. The molecule has 0 atom stereocenters. The maximum atomic E-state index is 13.3. The molecule has 0 fully saturated rings. The molecule has 3 nitrogen and oxygen atoms in total. The van der Waals surface area contributed by atoms with Crippen molar-refractivity contribution >= 4 is 5.84 Å². The number of nitrogen functional groups attached to an aromatic ring is 1. The topological polar surface area (TPSA) is 59.1 Å². The van der Waals surface area contributed by atoms with Crippen molar-refractivity contribution in [2.24, 2.45) is 5.73 Å². The second kappa shape index (κ2) is 4.83. The maximum absolute atomic E-state index is 13.3. The van der Waals surface area contributed by atoms with Crippen molar-refractivity contribution in [3.05, 3.63) is 59.7 Å². The van der Waals surface area contributed by atoms with Crippen molar-refractivity contribution in [2.75, 3.05) is 0 Å².